The van der Waals surface area contributed by atoms with Gasteiger partial charge in [0.25, 0.3) is 0 Å². The van der Waals surface area contributed by atoms with Gasteiger partial charge in [-0.25, -0.2) is 0 Å². The molecule has 0 bridgehead atoms. The van der Waals surface area contributed by atoms with Gasteiger partial charge in [0.05, 0.1) is 40.3 Å². The molecule has 0 aliphatic rings. The number of nitrogens with zero attached hydrogens (tertiary/aromatic N) is 1. The Morgan fingerprint density at radius 2 is 1.34 bits per heavy atom. The van der Waals surface area contributed by atoms with E-state index in [1.54, 1.807) is 21.1 Å². The molecule has 222 valence electrons. The van der Waals surface area contributed by atoms with Crippen LogP contribution in [0.2, 0.25) is 0 Å². The fraction of sp³-hybridized carbons (Fsp3) is 0.833. The molecule has 2 unspecified atom stereocenters. The second kappa shape index (κ2) is 23.0. The molecule has 0 aliphatic carbocycles. The van der Waals surface area contributed by atoms with Gasteiger partial charge in [0.2, 0.25) is 0 Å². The average Bonchev–Trinajstić information content (AvgIpc) is 2.84. The molecule has 8 heteroatoms. The highest BCUT2D eigenvalue weighted by Crippen LogP contribution is 2.11. The Labute approximate surface area is 231 Å². The number of hydrogen-bond acceptors (Lipinski definition) is 7. The third kappa shape index (κ3) is 21.1. The van der Waals surface area contributed by atoms with Crippen LogP contribution in [0, 0.1) is 0 Å². The first-order valence-electron chi connectivity index (χ1n) is 14.7. The monoisotopic (exact) mass is 541 g/mol. The number of hydrogen-bond donors (Lipinski definition) is 0. The summed E-state index contributed by atoms with van der Waals surface area (Å²) < 4.78 is 16.7. The van der Waals surface area contributed by atoms with Crippen molar-refractivity contribution >= 4 is 17.9 Å². The van der Waals surface area contributed by atoms with Crippen molar-refractivity contribution in [3.63, 3.8) is 0 Å². The summed E-state index contributed by atoms with van der Waals surface area (Å²) in [5.41, 5.74) is 0. The predicted molar refractivity (Wildman–Crippen MR) is 148 cm³/mol. The van der Waals surface area contributed by atoms with Crippen molar-refractivity contribution in [2.45, 2.75) is 122 Å². The van der Waals surface area contributed by atoms with Crippen LogP contribution in [0.4, 0.5) is 0 Å². The number of quaternary nitrogens is 1. The van der Waals surface area contributed by atoms with Crippen LogP contribution in [0.15, 0.2) is 12.2 Å². The standard InChI is InChI=1S/C30H55NO7/c1-6-8-10-11-12-13-14-15-16-17-19-21-29(33)38-26(25-37-28(32)20-18-9-7-2)24-36-23-22-27(30(34)35)31(3,4)5/h11-12,26-27H,6-10,13-25H2,1-5H3/b12-11-. The van der Waals surface area contributed by atoms with Crippen LogP contribution in [0.25, 0.3) is 0 Å². The van der Waals surface area contributed by atoms with Gasteiger partial charge in [0, 0.05) is 19.3 Å². The second-order valence-electron chi connectivity index (χ2n) is 11.0. The van der Waals surface area contributed by atoms with E-state index in [-0.39, 0.29) is 42.7 Å². The van der Waals surface area contributed by atoms with E-state index >= 15 is 0 Å². The quantitative estimate of drug-likeness (QED) is 0.0712. The number of carbonyl (C=O) groups is 3. The number of carbonyl (C=O) groups excluding carboxylic acids is 3. The molecule has 0 N–H and O–H groups in total. The van der Waals surface area contributed by atoms with Crippen molar-refractivity contribution in [2.24, 2.45) is 0 Å². The number of esters is 2. The molecule has 0 fully saturated rings. The van der Waals surface area contributed by atoms with Crippen molar-refractivity contribution in [1.29, 1.82) is 0 Å². The van der Waals surface area contributed by atoms with Crippen LogP contribution in [-0.2, 0) is 28.6 Å². The number of ether oxygens (including phenoxy) is 3. The predicted octanol–water partition coefficient (Wildman–Crippen LogP) is 4.73. The van der Waals surface area contributed by atoms with Crippen LogP contribution < -0.4 is 5.11 Å². The normalized spacial score (nSPS) is 13.4. The van der Waals surface area contributed by atoms with E-state index < -0.39 is 18.1 Å². The summed E-state index contributed by atoms with van der Waals surface area (Å²) in [5.74, 6) is -1.78. The molecule has 0 heterocycles. The molecule has 0 rings (SSSR count). The summed E-state index contributed by atoms with van der Waals surface area (Å²) in [6.07, 6.45) is 17.4. The summed E-state index contributed by atoms with van der Waals surface area (Å²) in [7, 11) is 5.36. The van der Waals surface area contributed by atoms with Gasteiger partial charge < -0.3 is 28.6 Å². The zero-order valence-corrected chi connectivity index (χ0v) is 24.8. The van der Waals surface area contributed by atoms with E-state index in [4.69, 9.17) is 14.2 Å². The molecule has 0 amide bonds. The van der Waals surface area contributed by atoms with Gasteiger partial charge >= 0.3 is 11.9 Å². The highest BCUT2D eigenvalue weighted by molar-refractivity contribution is 5.70. The smallest absolute Gasteiger partial charge is 0.306 e. The van der Waals surface area contributed by atoms with Crippen LogP contribution in [0.3, 0.4) is 0 Å². The van der Waals surface area contributed by atoms with E-state index in [0.29, 0.717) is 12.8 Å². The lowest BCUT2D eigenvalue weighted by molar-refractivity contribution is -0.889. The van der Waals surface area contributed by atoms with Crippen molar-refractivity contribution in [3.8, 4) is 0 Å². The Hall–Kier alpha value is -1.93. The van der Waals surface area contributed by atoms with Gasteiger partial charge in [0.1, 0.15) is 12.6 Å². The van der Waals surface area contributed by atoms with Crippen LogP contribution >= 0.6 is 0 Å². The number of aliphatic carboxylic acids is 1. The van der Waals surface area contributed by atoms with Gasteiger partial charge in [-0.2, -0.15) is 0 Å². The number of carboxylic acids is 1. The van der Waals surface area contributed by atoms with Gasteiger partial charge in [-0.3, -0.25) is 9.59 Å². The van der Waals surface area contributed by atoms with Crippen molar-refractivity contribution < 1.29 is 38.2 Å². The summed E-state index contributed by atoms with van der Waals surface area (Å²) >= 11 is 0. The van der Waals surface area contributed by atoms with Crippen molar-refractivity contribution in [1.82, 2.24) is 0 Å². The van der Waals surface area contributed by atoms with Crippen molar-refractivity contribution in [2.75, 3.05) is 41.0 Å². The van der Waals surface area contributed by atoms with E-state index in [1.165, 1.54) is 25.7 Å². The summed E-state index contributed by atoms with van der Waals surface area (Å²) in [4.78, 5) is 35.9. The highest BCUT2D eigenvalue weighted by atomic mass is 16.6. The fourth-order valence-electron chi connectivity index (χ4n) is 3.99. The molecule has 0 aromatic carbocycles. The topological polar surface area (TPSA) is 102 Å². The first-order chi connectivity index (χ1) is 18.1. The first kappa shape index (κ1) is 36.1. The number of allylic oxidation sites excluding steroid dienone is 2. The number of unbranched alkanes of at least 4 members (excludes halogenated alkanes) is 9. The Kier molecular flexibility index (Phi) is 21.8. The van der Waals surface area contributed by atoms with E-state index in [2.05, 4.69) is 26.0 Å². The zero-order chi connectivity index (χ0) is 28.7. The summed E-state index contributed by atoms with van der Waals surface area (Å²) in [6, 6.07) is -0.718. The van der Waals surface area contributed by atoms with E-state index in [1.807, 2.05) is 0 Å². The van der Waals surface area contributed by atoms with Crippen LogP contribution in [0.5, 0.6) is 0 Å². The lowest BCUT2D eigenvalue weighted by atomic mass is 10.1. The highest BCUT2D eigenvalue weighted by Gasteiger charge is 2.25. The molecule has 2 atom stereocenters. The second-order valence-corrected chi connectivity index (χ2v) is 11.0. The SMILES string of the molecule is CCCC/C=C\CCCCCCCC(=O)OC(COCCC(C(=O)[O-])[N+](C)(C)C)COC(=O)CCCCC. The lowest BCUT2D eigenvalue weighted by Crippen LogP contribution is -2.55. The molecule has 0 saturated heterocycles. The Bertz CT molecular complexity index is 657. The average molecular weight is 542 g/mol. The van der Waals surface area contributed by atoms with Gasteiger partial charge in [-0.15, -0.1) is 0 Å². The maximum Gasteiger partial charge on any atom is 0.306 e. The Morgan fingerprint density at radius 1 is 0.763 bits per heavy atom. The number of rotatable bonds is 25. The van der Waals surface area contributed by atoms with Gasteiger partial charge in [0.15, 0.2) is 6.10 Å². The summed E-state index contributed by atoms with van der Waals surface area (Å²) in [6.45, 7) is 4.40. The molecule has 0 saturated carbocycles. The number of carboxylic acid groups (broad SMARTS) is 1. The molecule has 0 radical (unpaired) electrons. The molecule has 0 aliphatic heterocycles. The third-order valence-corrected chi connectivity index (χ3v) is 6.40. The minimum Gasteiger partial charge on any atom is -0.544 e. The molecule has 0 spiro atoms. The molecule has 0 aromatic heterocycles. The van der Waals surface area contributed by atoms with E-state index in [9.17, 15) is 19.5 Å². The molecule has 0 aromatic rings. The molecule has 38 heavy (non-hydrogen) atoms. The Balaban J connectivity index is 4.44. The minimum absolute atomic E-state index is 0.0384. The number of likely N-dealkylation sites (N-methyl/N-ethyl adjacent to an activating group) is 1. The zero-order valence-electron chi connectivity index (χ0n) is 24.8. The Morgan fingerprint density at radius 3 is 1.97 bits per heavy atom. The van der Waals surface area contributed by atoms with Gasteiger partial charge in [-0.05, 0) is 32.1 Å². The van der Waals surface area contributed by atoms with E-state index in [0.717, 1.165) is 51.4 Å². The molecular formula is C30H55NO7. The molecular weight excluding hydrogens is 486 g/mol. The lowest BCUT2D eigenvalue weighted by Gasteiger charge is -2.34. The molecule has 8 nitrogen and oxygen atoms in total. The van der Waals surface area contributed by atoms with Crippen molar-refractivity contribution in [3.05, 3.63) is 12.2 Å². The maximum absolute atomic E-state index is 12.4. The summed E-state index contributed by atoms with van der Waals surface area (Å²) in [5, 5.41) is 11.4. The third-order valence-electron chi connectivity index (χ3n) is 6.40. The fourth-order valence-corrected chi connectivity index (χ4v) is 3.99. The largest absolute Gasteiger partial charge is 0.544 e. The maximum atomic E-state index is 12.4. The van der Waals surface area contributed by atoms with Gasteiger partial charge in [-0.1, -0.05) is 70.9 Å². The first-order valence-corrected chi connectivity index (χ1v) is 14.7. The van der Waals surface area contributed by atoms with Crippen LogP contribution in [-0.4, -0.2) is 75.5 Å². The van der Waals surface area contributed by atoms with Crippen LogP contribution in [0.1, 0.15) is 110 Å². The minimum atomic E-state index is -1.13.